The number of rotatable bonds is 6. The highest BCUT2D eigenvalue weighted by Crippen LogP contribution is 2.21. The van der Waals surface area contributed by atoms with Gasteiger partial charge in [-0.1, -0.05) is 12.1 Å². The van der Waals surface area contributed by atoms with Gasteiger partial charge in [-0.3, -0.25) is 9.59 Å². The van der Waals surface area contributed by atoms with Gasteiger partial charge in [0.1, 0.15) is 0 Å². The molecule has 0 bridgehead atoms. The van der Waals surface area contributed by atoms with Crippen LogP contribution < -0.4 is 4.90 Å². The minimum atomic E-state index is -0.340. The Morgan fingerprint density at radius 3 is 2.59 bits per heavy atom. The van der Waals surface area contributed by atoms with Crippen molar-refractivity contribution >= 4 is 17.5 Å². The first-order valence-electron chi connectivity index (χ1n) is 13.9. The Bertz CT molecular complexity index is 1080. The second-order valence-corrected chi connectivity index (χ2v) is 11.0. The third kappa shape index (κ3) is 7.34. The Morgan fingerprint density at radius 1 is 1.18 bits per heavy atom. The number of aliphatic hydroxyl groups excluding tert-OH is 1. The van der Waals surface area contributed by atoms with Gasteiger partial charge in [-0.25, -0.2) is 4.68 Å². The van der Waals surface area contributed by atoms with Crippen LogP contribution in [0.25, 0.3) is 0 Å². The molecule has 0 unspecified atom stereocenters. The molecule has 214 valence electrons. The minimum Gasteiger partial charge on any atom is -0.394 e. The summed E-state index contributed by atoms with van der Waals surface area (Å²) in [7, 11) is 3.92. The molecular weight excluding hydrogens is 498 g/mol. The third-order valence-corrected chi connectivity index (χ3v) is 7.92. The molecule has 11 nitrogen and oxygen atoms in total. The molecule has 0 aliphatic carbocycles. The van der Waals surface area contributed by atoms with Crippen LogP contribution in [0.4, 0.5) is 5.69 Å². The highest BCUT2D eigenvalue weighted by Gasteiger charge is 2.29. The Labute approximate surface area is 231 Å². The Balaban J connectivity index is 1.47. The van der Waals surface area contributed by atoms with Gasteiger partial charge in [0.15, 0.2) is 0 Å². The van der Waals surface area contributed by atoms with Crippen molar-refractivity contribution in [1.82, 2.24) is 29.7 Å². The molecule has 11 heteroatoms. The van der Waals surface area contributed by atoms with Crippen LogP contribution in [-0.4, -0.2) is 119 Å². The number of piperazine rings is 1. The van der Waals surface area contributed by atoms with Gasteiger partial charge >= 0.3 is 0 Å². The van der Waals surface area contributed by atoms with E-state index >= 15 is 0 Å². The maximum absolute atomic E-state index is 13.4. The number of aliphatic hydroxyl groups is 1. The SMILES string of the molecule is C[C@H]1CN([C@@H](C)CO)C(=O)CCCn2nncc2CO[C@H]1CN(C)C(=O)c1ccc(N2CCN(C)CC2)cc1. The summed E-state index contributed by atoms with van der Waals surface area (Å²) in [6, 6.07) is 7.53. The average molecular weight is 542 g/mol. The van der Waals surface area contributed by atoms with E-state index in [0.717, 1.165) is 37.6 Å². The number of nitrogens with zero attached hydrogens (tertiary/aromatic N) is 7. The van der Waals surface area contributed by atoms with Crippen molar-refractivity contribution in [3.05, 3.63) is 41.7 Å². The largest absolute Gasteiger partial charge is 0.394 e. The maximum Gasteiger partial charge on any atom is 0.253 e. The number of hydrogen-bond acceptors (Lipinski definition) is 8. The highest BCUT2D eigenvalue weighted by atomic mass is 16.5. The third-order valence-electron chi connectivity index (χ3n) is 7.92. The summed E-state index contributed by atoms with van der Waals surface area (Å²) in [5.41, 5.74) is 2.60. The van der Waals surface area contributed by atoms with E-state index in [-0.39, 0.29) is 36.5 Å². The van der Waals surface area contributed by atoms with Crippen LogP contribution in [0.5, 0.6) is 0 Å². The van der Waals surface area contributed by atoms with Crippen LogP contribution >= 0.6 is 0 Å². The molecular formula is C28H43N7O4. The number of aryl methyl sites for hydroxylation is 1. The number of amides is 2. The number of likely N-dealkylation sites (N-methyl/N-ethyl adjacent to an activating group) is 2. The predicted molar refractivity (Wildman–Crippen MR) is 148 cm³/mol. The lowest BCUT2D eigenvalue weighted by atomic mass is 10.0. The molecule has 1 aromatic carbocycles. The van der Waals surface area contributed by atoms with Gasteiger partial charge in [-0.2, -0.15) is 0 Å². The number of hydrogen-bond donors (Lipinski definition) is 1. The Hall–Kier alpha value is -3.02. The summed E-state index contributed by atoms with van der Waals surface area (Å²) >= 11 is 0. The molecule has 1 N–H and O–H groups in total. The van der Waals surface area contributed by atoms with Crippen LogP contribution in [0.15, 0.2) is 30.5 Å². The zero-order valence-corrected chi connectivity index (χ0v) is 23.7. The monoisotopic (exact) mass is 541 g/mol. The quantitative estimate of drug-likeness (QED) is 0.584. The first kappa shape index (κ1) is 29.0. The van der Waals surface area contributed by atoms with Crippen LogP contribution in [0.1, 0.15) is 42.7 Å². The number of ether oxygens (including phenoxy) is 1. The molecule has 1 aromatic heterocycles. The lowest BCUT2D eigenvalue weighted by Gasteiger charge is -2.35. The van der Waals surface area contributed by atoms with Crippen molar-refractivity contribution in [2.45, 2.75) is 52.0 Å². The summed E-state index contributed by atoms with van der Waals surface area (Å²) < 4.78 is 8.14. The number of carbonyl (C=O) groups is 2. The van der Waals surface area contributed by atoms with Gasteiger partial charge in [0.05, 0.1) is 37.3 Å². The normalized spacial score (nSPS) is 22.5. The van der Waals surface area contributed by atoms with Crippen molar-refractivity contribution in [1.29, 1.82) is 0 Å². The van der Waals surface area contributed by atoms with Gasteiger partial charge < -0.3 is 29.4 Å². The van der Waals surface area contributed by atoms with E-state index in [1.807, 2.05) is 38.1 Å². The molecule has 3 atom stereocenters. The molecule has 2 amide bonds. The first-order valence-corrected chi connectivity index (χ1v) is 13.9. The van der Waals surface area contributed by atoms with E-state index in [1.165, 1.54) is 0 Å². The van der Waals surface area contributed by atoms with Crippen LogP contribution in [-0.2, 0) is 22.7 Å². The average Bonchev–Trinajstić information content (AvgIpc) is 3.39. The summed E-state index contributed by atoms with van der Waals surface area (Å²) in [5, 5.41) is 18.0. The van der Waals surface area contributed by atoms with Crippen molar-refractivity contribution in [2.75, 3.05) is 64.9 Å². The van der Waals surface area contributed by atoms with Gasteiger partial charge in [-0.15, -0.1) is 5.10 Å². The van der Waals surface area contributed by atoms with Crippen molar-refractivity contribution in [2.24, 2.45) is 5.92 Å². The van der Waals surface area contributed by atoms with E-state index < -0.39 is 0 Å². The topological polar surface area (TPSA) is 107 Å². The fourth-order valence-electron chi connectivity index (χ4n) is 5.20. The standard InChI is InChI=1S/C28H43N7O4/c1-21-17-34(22(2)19-36)27(37)6-5-11-35-25(16-29-30-35)20-39-26(21)18-32(4)28(38)23-7-9-24(10-8-23)33-14-12-31(3)13-15-33/h7-10,16,21-22,26,36H,5-6,11-15,17-20H2,1-4H3/t21-,22-,26-/m0/s1. The van der Waals surface area contributed by atoms with Gasteiger partial charge in [0.2, 0.25) is 5.91 Å². The fourth-order valence-corrected chi connectivity index (χ4v) is 5.20. The first-order chi connectivity index (χ1) is 18.8. The summed E-state index contributed by atoms with van der Waals surface area (Å²) in [5.74, 6) is -0.166. The van der Waals surface area contributed by atoms with Crippen molar-refractivity contribution in [3.63, 3.8) is 0 Å². The second kappa shape index (κ2) is 13.4. The lowest BCUT2D eigenvalue weighted by molar-refractivity contribution is -0.136. The molecule has 0 radical (unpaired) electrons. The van der Waals surface area contributed by atoms with Crippen molar-refractivity contribution in [3.8, 4) is 0 Å². The molecule has 1 saturated heterocycles. The van der Waals surface area contributed by atoms with E-state index in [1.54, 1.807) is 27.7 Å². The highest BCUT2D eigenvalue weighted by molar-refractivity contribution is 5.94. The summed E-state index contributed by atoms with van der Waals surface area (Å²) in [6.07, 6.45) is 2.34. The van der Waals surface area contributed by atoms with Crippen molar-refractivity contribution < 1.29 is 19.4 Å². The fraction of sp³-hybridized carbons (Fsp3) is 0.643. The molecule has 1 fully saturated rings. The summed E-state index contributed by atoms with van der Waals surface area (Å²) in [6.45, 7) is 9.44. The number of aromatic nitrogens is 3. The van der Waals surface area contributed by atoms with E-state index in [0.29, 0.717) is 44.6 Å². The van der Waals surface area contributed by atoms with E-state index in [2.05, 4.69) is 27.2 Å². The number of fused-ring (bicyclic) bond motifs is 1. The molecule has 3 heterocycles. The minimum absolute atomic E-state index is 0.00531. The molecule has 0 spiro atoms. The molecule has 39 heavy (non-hydrogen) atoms. The van der Waals surface area contributed by atoms with E-state index in [4.69, 9.17) is 4.74 Å². The lowest BCUT2D eigenvalue weighted by Crippen LogP contribution is -2.48. The van der Waals surface area contributed by atoms with Gasteiger partial charge in [-0.05, 0) is 44.7 Å². The smallest absolute Gasteiger partial charge is 0.253 e. The number of anilines is 1. The molecule has 2 aliphatic rings. The zero-order valence-electron chi connectivity index (χ0n) is 23.7. The van der Waals surface area contributed by atoms with E-state index in [9.17, 15) is 14.7 Å². The molecule has 4 rings (SSSR count). The zero-order chi connectivity index (χ0) is 27.9. The Kier molecular flexibility index (Phi) is 9.93. The van der Waals surface area contributed by atoms with Crippen LogP contribution in [0, 0.1) is 5.92 Å². The maximum atomic E-state index is 13.4. The summed E-state index contributed by atoms with van der Waals surface area (Å²) in [4.78, 5) is 34.5. The molecule has 2 aromatic rings. The molecule has 2 aliphatic heterocycles. The van der Waals surface area contributed by atoms with Gasteiger partial charge in [0, 0.05) is 76.5 Å². The number of carbonyl (C=O) groups excluding carboxylic acids is 2. The van der Waals surface area contributed by atoms with Gasteiger partial charge in [0.25, 0.3) is 5.91 Å². The number of benzene rings is 1. The molecule has 0 saturated carbocycles. The van der Waals surface area contributed by atoms with Crippen LogP contribution in [0.3, 0.4) is 0 Å². The Morgan fingerprint density at radius 2 is 1.90 bits per heavy atom. The second-order valence-electron chi connectivity index (χ2n) is 11.0. The van der Waals surface area contributed by atoms with Crippen LogP contribution in [0.2, 0.25) is 0 Å². The predicted octanol–water partition coefficient (Wildman–Crippen LogP) is 1.33.